The molecule has 1 spiro atoms. The zero-order valence-electron chi connectivity index (χ0n) is 12.5. The highest BCUT2D eigenvalue weighted by Gasteiger charge is 2.40. The molecule has 2 aromatic heterocycles. The highest BCUT2D eigenvalue weighted by atomic mass is 35.5. The molecule has 0 aromatic carbocycles. The first-order chi connectivity index (χ1) is 10.3. The number of hydrogen-bond acceptors (Lipinski definition) is 5. The molecule has 2 aliphatic rings. The Morgan fingerprint density at radius 3 is 3.00 bits per heavy atom. The lowest BCUT2D eigenvalue weighted by Gasteiger charge is -2.22. The molecule has 0 bridgehead atoms. The number of rotatable bonds is 3. The van der Waals surface area contributed by atoms with Gasteiger partial charge in [-0.1, -0.05) is 6.07 Å². The van der Waals surface area contributed by atoms with Crippen LogP contribution in [-0.2, 0) is 6.54 Å². The molecule has 22 heavy (non-hydrogen) atoms. The Morgan fingerprint density at radius 1 is 1.27 bits per heavy atom. The van der Waals surface area contributed by atoms with Gasteiger partial charge in [0.05, 0.1) is 5.69 Å². The second-order valence-corrected chi connectivity index (χ2v) is 7.35. The summed E-state index contributed by atoms with van der Waals surface area (Å²) in [5.41, 5.74) is 1.53. The first-order valence-corrected chi connectivity index (χ1v) is 8.44. The molecule has 4 heterocycles. The number of aromatic nitrogens is 2. The van der Waals surface area contributed by atoms with E-state index in [1.54, 1.807) is 11.3 Å². The van der Waals surface area contributed by atoms with Gasteiger partial charge in [-0.3, -0.25) is 9.88 Å². The average molecular weight is 337 g/mol. The number of hydrogen-bond donors (Lipinski definition) is 1. The van der Waals surface area contributed by atoms with Crippen molar-refractivity contribution in [1.29, 1.82) is 0 Å². The average Bonchev–Trinajstić information content (AvgIpc) is 3.24. The van der Waals surface area contributed by atoms with Gasteiger partial charge in [-0.05, 0) is 43.5 Å². The van der Waals surface area contributed by atoms with Crippen molar-refractivity contribution in [2.75, 3.05) is 26.2 Å². The molecule has 1 atom stereocenters. The predicted octanol–water partition coefficient (Wildman–Crippen LogP) is 2.81. The Bertz CT molecular complexity index is 610. The Balaban J connectivity index is 0.00000144. The molecule has 2 aromatic rings. The minimum Gasteiger partial charge on any atom is -0.316 e. The number of nitrogens with zero attached hydrogens (tertiary/aromatic N) is 3. The quantitative estimate of drug-likeness (QED) is 0.935. The van der Waals surface area contributed by atoms with E-state index >= 15 is 0 Å². The number of nitrogens with one attached hydrogen (secondary N) is 1. The zero-order valence-corrected chi connectivity index (χ0v) is 14.1. The standard InChI is InChI=1S/C16H20N4S.ClH/c1-2-6-18-14(3-1)15-19-9-13(21-15)10-20-8-5-16(12-20)4-7-17-11-16;/h1-3,6,9,17H,4-5,7-8,10-12H2;1H. The van der Waals surface area contributed by atoms with E-state index in [2.05, 4.69) is 20.2 Å². The fourth-order valence-corrected chi connectivity index (χ4v) is 4.45. The van der Waals surface area contributed by atoms with Crippen LogP contribution < -0.4 is 5.32 Å². The normalized spacial score (nSPS) is 24.7. The largest absolute Gasteiger partial charge is 0.316 e. The van der Waals surface area contributed by atoms with Gasteiger partial charge in [-0.2, -0.15) is 0 Å². The van der Waals surface area contributed by atoms with Crippen LogP contribution >= 0.6 is 23.7 Å². The summed E-state index contributed by atoms with van der Waals surface area (Å²) >= 11 is 1.77. The van der Waals surface area contributed by atoms with Gasteiger partial charge in [-0.15, -0.1) is 23.7 Å². The van der Waals surface area contributed by atoms with Crippen LogP contribution in [0.1, 0.15) is 17.7 Å². The van der Waals surface area contributed by atoms with Gasteiger partial charge in [0.25, 0.3) is 0 Å². The maximum absolute atomic E-state index is 4.53. The van der Waals surface area contributed by atoms with Crippen molar-refractivity contribution in [2.24, 2.45) is 5.41 Å². The Labute approximate surface area is 141 Å². The fraction of sp³-hybridized carbons (Fsp3) is 0.500. The van der Waals surface area contributed by atoms with Crippen molar-refractivity contribution in [2.45, 2.75) is 19.4 Å². The maximum atomic E-state index is 4.53. The fourth-order valence-electron chi connectivity index (χ4n) is 3.52. The molecule has 1 N–H and O–H groups in total. The molecule has 6 heteroatoms. The molecule has 118 valence electrons. The van der Waals surface area contributed by atoms with Crippen LogP contribution in [0.3, 0.4) is 0 Å². The van der Waals surface area contributed by atoms with Gasteiger partial charge in [-0.25, -0.2) is 4.98 Å². The van der Waals surface area contributed by atoms with Gasteiger partial charge in [0.2, 0.25) is 0 Å². The van der Waals surface area contributed by atoms with Crippen molar-refractivity contribution in [3.63, 3.8) is 0 Å². The summed E-state index contributed by atoms with van der Waals surface area (Å²) < 4.78 is 0. The molecule has 4 rings (SSSR count). The number of likely N-dealkylation sites (tertiary alicyclic amines) is 1. The van der Waals surface area contributed by atoms with Crippen molar-refractivity contribution < 1.29 is 0 Å². The first kappa shape index (κ1) is 15.9. The molecular formula is C16H21ClN4S. The second-order valence-electron chi connectivity index (χ2n) is 6.23. The first-order valence-electron chi connectivity index (χ1n) is 7.62. The maximum Gasteiger partial charge on any atom is 0.142 e. The highest BCUT2D eigenvalue weighted by molar-refractivity contribution is 7.14. The summed E-state index contributed by atoms with van der Waals surface area (Å²) in [6.07, 6.45) is 6.53. The topological polar surface area (TPSA) is 41.1 Å². The van der Waals surface area contributed by atoms with E-state index in [0.29, 0.717) is 5.41 Å². The third kappa shape index (κ3) is 3.18. The minimum atomic E-state index is 0. The van der Waals surface area contributed by atoms with E-state index in [4.69, 9.17) is 0 Å². The van der Waals surface area contributed by atoms with Gasteiger partial charge in [0.15, 0.2) is 0 Å². The third-order valence-corrected chi connectivity index (χ3v) is 5.67. The Kier molecular flexibility index (Phi) is 4.78. The van der Waals surface area contributed by atoms with Crippen LogP contribution in [0.25, 0.3) is 10.7 Å². The number of thiazole rings is 1. The van der Waals surface area contributed by atoms with Crippen LogP contribution in [-0.4, -0.2) is 41.0 Å². The number of halogens is 1. The molecular weight excluding hydrogens is 316 g/mol. The smallest absolute Gasteiger partial charge is 0.142 e. The summed E-state index contributed by atoms with van der Waals surface area (Å²) in [7, 11) is 0. The third-order valence-electron chi connectivity index (χ3n) is 4.67. The summed E-state index contributed by atoms with van der Waals surface area (Å²) in [6, 6.07) is 5.98. The van der Waals surface area contributed by atoms with Gasteiger partial charge >= 0.3 is 0 Å². The summed E-state index contributed by atoms with van der Waals surface area (Å²) in [6.45, 7) is 5.88. The van der Waals surface area contributed by atoms with E-state index in [1.807, 2.05) is 30.6 Å². The molecule has 2 saturated heterocycles. The van der Waals surface area contributed by atoms with E-state index in [-0.39, 0.29) is 12.4 Å². The van der Waals surface area contributed by atoms with Crippen LogP contribution in [0.5, 0.6) is 0 Å². The van der Waals surface area contributed by atoms with Crippen molar-refractivity contribution in [3.8, 4) is 10.7 Å². The molecule has 2 aliphatic heterocycles. The predicted molar refractivity (Wildman–Crippen MR) is 92.4 cm³/mol. The van der Waals surface area contributed by atoms with Crippen LogP contribution in [0.4, 0.5) is 0 Å². The van der Waals surface area contributed by atoms with Crippen LogP contribution in [0.2, 0.25) is 0 Å². The highest BCUT2D eigenvalue weighted by Crippen LogP contribution is 2.37. The SMILES string of the molecule is Cl.c1ccc(-c2ncc(CN3CCC4(CCNC4)C3)s2)nc1. The van der Waals surface area contributed by atoms with Gasteiger partial charge in [0, 0.05) is 36.9 Å². The summed E-state index contributed by atoms with van der Waals surface area (Å²) in [5, 5.41) is 4.55. The van der Waals surface area contributed by atoms with Crippen molar-refractivity contribution in [3.05, 3.63) is 35.5 Å². The molecule has 2 fully saturated rings. The van der Waals surface area contributed by atoms with Gasteiger partial charge in [0.1, 0.15) is 5.01 Å². The van der Waals surface area contributed by atoms with Crippen molar-refractivity contribution >= 4 is 23.7 Å². The second kappa shape index (κ2) is 6.62. The van der Waals surface area contributed by atoms with E-state index in [1.165, 1.54) is 43.9 Å². The molecule has 0 aliphatic carbocycles. The summed E-state index contributed by atoms with van der Waals surface area (Å²) in [5.74, 6) is 0. The summed E-state index contributed by atoms with van der Waals surface area (Å²) in [4.78, 5) is 12.8. The lowest BCUT2D eigenvalue weighted by Crippen LogP contribution is -2.28. The Morgan fingerprint density at radius 2 is 2.23 bits per heavy atom. The van der Waals surface area contributed by atoms with Crippen LogP contribution in [0, 0.1) is 5.41 Å². The molecule has 0 amide bonds. The molecule has 4 nitrogen and oxygen atoms in total. The lowest BCUT2D eigenvalue weighted by molar-refractivity contribution is 0.270. The van der Waals surface area contributed by atoms with Crippen LogP contribution in [0.15, 0.2) is 30.6 Å². The molecule has 0 saturated carbocycles. The van der Waals surface area contributed by atoms with Gasteiger partial charge < -0.3 is 5.32 Å². The molecule has 0 radical (unpaired) electrons. The minimum absolute atomic E-state index is 0. The Hall–Kier alpha value is -1.01. The number of pyridine rings is 1. The zero-order chi connectivity index (χ0) is 14.1. The lowest BCUT2D eigenvalue weighted by atomic mass is 9.87. The monoisotopic (exact) mass is 336 g/mol. The van der Waals surface area contributed by atoms with E-state index in [0.717, 1.165) is 17.2 Å². The molecule has 1 unspecified atom stereocenters. The van der Waals surface area contributed by atoms with E-state index in [9.17, 15) is 0 Å². The van der Waals surface area contributed by atoms with E-state index < -0.39 is 0 Å². The van der Waals surface area contributed by atoms with Crippen molar-refractivity contribution in [1.82, 2.24) is 20.2 Å².